The molecule has 0 saturated heterocycles. The fraction of sp³-hybridized carbons (Fsp3) is 0. The van der Waals surface area contributed by atoms with E-state index in [2.05, 4.69) is 148 Å². The van der Waals surface area contributed by atoms with E-state index < -0.39 is 0 Å². The number of oxazole rings is 1. The molecule has 10 rings (SSSR count). The Bertz CT molecular complexity index is 2780. The van der Waals surface area contributed by atoms with Gasteiger partial charge in [-0.3, -0.25) is 8.97 Å². The second-order valence-corrected chi connectivity index (χ2v) is 12.0. The van der Waals surface area contributed by atoms with Gasteiger partial charge in [0.25, 0.3) is 0 Å². The van der Waals surface area contributed by atoms with Crippen LogP contribution in [0.1, 0.15) is 0 Å². The highest BCUT2D eigenvalue weighted by Crippen LogP contribution is 2.42. The van der Waals surface area contributed by atoms with Crippen molar-refractivity contribution in [2.24, 2.45) is 0 Å². The molecule has 0 atom stereocenters. The summed E-state index contributed by atoms with van der Waals surface area (Å²) >= 11 is 0. The molecule has 0 unspecified atom stereocenters. The molecule has 0 radical (unpaired) electrons. The lowest BCUT2D eigenvalue weighted by Gasteiger charge is -2.10. The fourth-order valence-corrected chi connectivity index (χ4v) is 7.20. The molecule has 0 spiro atoms. The van der Waals surface area contributed by atoms with Gasteiger partial charge in [-0.05, 0) is 76.0 Å². The summed E-state index contributed by atoms with van der Waals surface area (Å²) in [7, 11) is 0. The Labute approximate surface area is 270 Å². The zero-order valence-electron chi connectivity index (χ0n) is 25.3. The summed E-state index contributed by atoms with van der Waals surface area (Å²) in [6.45, 7) is 0. The van der Waals surface area contributed by atoms with Crippen molar-refractivity contribution in [2.45, 2.75) is 0 Å². The maximum absolute atomic E-state index is 6.62. The van der Waals surface area contributed by atoms with Crippen molar-refractivity contribution in [3.8, 4) is 39.3 Å². The van der Waals surface area contributed by atoms with Crippen molar-refractivity contribution >= 4 is 49.5 Å². The van der Waals surface area contributed by atoms with E-state index in [0.717, 1.165) is 67.0 Å². The Balaban J connectivity index is 1.19. The lowest BCUT2D eigenvalue weighted by atomic mass is 9.95. The number of aromatic nitrogens is 3. The third-order valence-electron chi connectivity index (χ3n) is 9.34. The minimum absolute atomic E-state index is 0.848. The third-order valence-corrected chi connectivity index (χ3v) is 9.34. The summed E-state index contributed by atoms with van der Waals surface area (Å²) in [4.78, 5) is 5.09. The van der Waals surface area contributed by atoms with Crippen LogP contribution in [0, 0.1) is 0 Å². The first kappa shape index (κ1) is 25.9. The Morgan fingerprint density at radius 1 is 0.489 bits per heavy atom. The van der Waals surface area contributed by atoms with Crippen LogP contribution in [0.3, 0.4) is 0 Å². The van der Waals surface area contributed by atoms with E-state index in [9.17, 15) is 0 Å². The van der Waals surface area contributed by atoms with E-state index in [-0.39, 0.29) is 0 Å². The van der Waals surface area contributed by atoms with E-state index in [1.165, 1.54) is 21.9 Å². The van der Waals surface area contributed by atoms with Gasteiger partial charge in [0.1, 0.15) is 5.82 Å². The largest absolute Gasteiger partial charge is 0.438 e. The van der Waals surface area contributed by atoms with Gasteiger partial charge in [0.15, 0.2) is 5.58 Å². The van der Waals surface area contributed by atoms with Crippen LogP contribution in [0.2, 0.25) is 0 Å². The fourth-order valence-electron chi connectivity index (χ4n) is 7.20. The monoisotopic (exact) mass is 601 g/mol. The summed E-state index contributed by atoms with van der Waals surface area (Å²) in [6.07, 6.45) is 0. The minimum atomic E-state index is 0.848. The van der Waals surface area contributed by atoms with Gasteiger partial charge in [0.05, 0.1) is 27.6 Å². The Morgan fingerprint density at radius 2 is 1.19 bits per heavy atom. The Morgan fingerprint density at radius 3 is 2.09 bits per heavy atom. The molecule has 3 aromatic heterocycles. The molecule has 220 valence electrons. The first-order valence-electron chi connectivity index (χ1n) is 15.9. The van der Waals surface area contributed by atoms with E-state index in [1.807, 2.05) is 24.3 Å². The molecule has 3 heterocycles. The maximum Gasteiger partial charge on any atom is 0.213 e. The molecule has 0 aliphatic heterocycles. The maximum atomic E-state index is 6.62. The molecule has 0 saturated carbocycles. The van der Waals surface area contributed by atoms with Crippen LogP contribution in [0.25, 0.3) is 88.9 Å². The van der Waals surface area contributed by atoms with Gasteiger partial charge < -0.3 is 4.42 Å². The van der Waals surface area contributed by atoms with Gasteiger partial charge in [-0.1, -0.05) is 115 Å². The number of imidazole rings is 1. The molecular weight excluding hydrogens is 574 g/mol. The molecule has 47 heavy (non-hydrogen) atoms. The van der Waals surface area contributed by atoms with Gasteiger partial charge in [-0.2, -0.15) is 0 Å². The molecule has 0 N–H and O–H groups in total. The molecule has 4 heteroatoms. The average Bonchev–Trinajstić information content (AvgIpc) is 3.80. The number of hydrogen-bond donors (Lipinski definition) is 0. The first-order valence-corrected chi connectivity index (χ1v) is 15.9. The zero-order chi connectivity index (χ0) is 30.9. The van der Waals surface area contributed by atoms with Crippen LogP contribution in [-0.4, -0.2) is 14.0 Å². The van der Waals surface area contributed by atoms with Crippen molar-refractivity contribution < 1.29 is 4.42 Å². The van der Waals surface area contributed by atoms with Crippen molar-refractivity contribution in [1.29, 1.82) is 0 Å². The molecular formula is C43H27N3O. The summed E-state index contributed by atoms with van der Waals surface area (Å²) in [6, 6.07) is 57.7. The van der Waals surface area contributed by atoms with E-state index >= 15 is 0 Å². The van der Waals surface area contributed by atoms with Crippen LogP contribution < -0.4 is 0 Å². The predicted octanol–water partition coefficient (Wildman–Crippen LogP) is 11.3. The van der Waals surface area contributed by atoms with Gasteiger partial charge in [0.2, 0.25) is 5.71 Å². The Kier molecular flexibility index (Phi) is 5.54. The second kappa shape index (κ2) is 10.1. The number of hydrogen-bond acceptors (Lipinski definition) is 2. The molecule has 0 aliphatic rings. The minimum Gasteiger partial charge on any atom is -0.438 e. The standard InChI is InChI=1S/C43H27N3O/c1-2-13-32(14-3-1)45-38-18-7-6-17-36(38)44-42(45)30-23-21-29(22-24-30)41-35-27-31(34-16-10-12-28-11-4-5-15-33(28)34)25-26-37(35)46-39-19-8-9-20-40(39)47-43(41)46/h1-27H. The lowest BCUT2D eigenvalue weighted by Crippen LogP contribution is -1.97. The number of nitrogens with zero attached hydrogens (tertiary/aromatic N) is 3. The highest BCUT2D eigenvalue weighted by molar-refractivity contribution is 6.09. The van der Waals surface area contributed by atoms with Crippen molar-refractivity contribution in [1.82, 2.24) is 14.0 Å². The van der Waals surface area contributed by atoms with Crippen LogP contribution in [0.5, 0.6) is 0 Å². The summed E-state index contributed by atoms with van der Waals surface area (Å²) < 4.78 is 11.1. The van der Waals surface area contributed by atoms with Crippen molar-refractivity contribution in [3.63, 3.8) is 0 Å². The van der Waals surface area contributed by atoms with E-state index in [1.54, 1.807) is 0 Å². The molecule has 0 aliphatic carbocycles. The van der Waals surface area contributed by atoms with Crippen molar-refractivity contribution in [2.75, 3.05) is 0 Å². The van der Waals surface area contributed by atoms with Gasteiger partial charge in [0, 0.05) is 16.6 Å². The number of fused-ring (bicyclic) bond motifs is 7. The topological polar surface area (TPSA) is 35.4 Å². The van der Waals surface area contributed by atoms with Crippen LogP contribution >= 0.6 is 0 Å². The SMILES string of the molecule is c1ccc(-n2c(-c3ccc(-c4c5cc(-c6cccc7ccccc67)ccc5n5c4oc4ccccc45)cc3)nc3ccccc32)cc1. The first-order chi connectivity index (χ1) is 23.3. The summed E-state index contributed by atoms with van der Waals surface area (Å²) in [5.41, 5.74) is 12.7. The number of para-hydroxylation sites is 5. The number of rotatable bonds is 4. The summed E-state index contributed by atoms with van der Waals surface area (Å²) in [5.74, 6) is 0.915. The molecule has 0 bridgehead atoms. The molecule has 4 nitrogen and oxygen atoms in total. The molecule has 7 aromatic carbocycles. The van der Waals surface area contributed by atoms with Crippen LogP contribution in [-0.2, 0) is 0 Å². The predicted molar refractivity (Wildman–Crippen MR) is 193 cm³/mol. The number of benzene rings is 7. The zero-order valence-corrected chi connectivity index (χ0v) is 25.3. The molecule has 0 amide bonds. The van der Waals surface area contributed by atoms with Crippen molar-refractivity contribution in [3.05, 3.63) is 164 Å². The van der Waals surface area contributed by atoms with Crippen LogP contribution in [0.15, 0.2) is 168 Å². The van der Waals surface area contributed by atoms with Gasteiger partial charge in [-0.25, -0.2) is 4.98 Å². The highest BCUT2D eigenvalue weighted by Gasteiger charge is 2.21. The van der Waals surface area contributed by atoms with E-state index in [4.69, 9.17) is 9.40 Å². The average molecular weight is 602 g/mol. The smallest absolute Gasteiger partial charge is 0.213 e. The Hall–Kier alpha value is -6.39. The van der Waals surface area contributed by atoms with Crippen LogP contribution in [0.4, 0.5) is 0 Å². The lowest BCUT2D eigenvalue weighted by molar-refractivity contribution is 0.658. The summed E-state index contributed by atoms with van der Waals surface area (Å²) in [5, 5.41) is 3.64. The normalized spacial score (nSPS) is 11.8. The van der Waals surface area contributed by atoms with Gasteiger partial charge in [-0.15, -0.1) is 0 Å². The molecule has 0 fully saturated rings. The van der Waals surface area contributed by atoms with E-state index in [0.29, 0.717) is 0 Å². The third kappa shape index (κ3) is 3.92. The second-order valence-electron chi connectivity index (χ2n) is 12.0. The van der Waals surface area contributed by atoms with Gasteiger partial charge >= 0.3 is 0 Å². The quantitative estimate of drug-likeness (QED) is 0.201. The highest BCUT2D eigenvalue weighted by atomic mass is 16.3. The molecule has 10 aromatic rings.